The van der Waals surface area contributed by atoms with Crippen LogP contribution in [0.5, 0.6) is 0 Å². The van der Waals surface area contributed by atoms with Gasteiger partial charge in [0.15, 0.2) is 9.84 Å². The van der Waals surface area contributed by atoms with Crippen molar-refractivity contribution in [2.75, 3.05) is 12.8 Å². The highest BCUT2D eigenvalue weighted by molar-refractivity contribution is 7.90. The number of sulfone groups is 1. The van der Waals surface area contributed by atoms with Crippen LogP contribution in [-0.2, 0) is 16.4 Å². The Balaban J connectivity index is 2.52. The van der Waals surface area contributed by atoms with E-state index in [0.29, 0.717) is 10.8 Å². The lowest BCUT2D eigenvalue weighted by atomic mass is 10.1. The summed E-state index contributed by atoms with van der Waals surface area (Å²) in [5.41, 5.74) is 1.11. The predicted octanol–water partition coefficient (Wildman–Crippen LogP) is 2.23. The third kappa shape index (κ3) is 4.88. The van der Waals surface area contributed by atoms with Crippen LogP contribution in [0.4, 0.5) is 0 Å². The van der Waals surface area contributed by atoms with Gasteiger partial charge in [0.25, 0.3) is 0 Å². The summed E-state index contributed by atoms with van der Waals surface area (Å²) in [4.78, 5) is 0.378. The number of hydrogen-bond acceptors (Lipinski definition) is 3. The van der Waals surface area contributed by atoms with Gasteiger partial charge in [0.1, 0.15) is 0 Å². The third-order valence-corrected chi connectivity index (χ3v) is 4.00. The van der Waals surface area contributed by atoms with Gasteiger partial charge >= 0.3 is 0 Å². The van der Waals surface area contributed by atoms with Crippen LogP contribution in [0.1, 0.15) is 25.8 Å². The second-order valence-corrected chi connectivity index (χ2v) is 6.58. The molecule has 0 aromatic heterocycles. The molecule has 3 nitrogen and oxygen atoms in total. The highest BCUT2D eigenvalue weighted by atomic mass is 32.2. The van der Waals surface area contributed by atoms with Gasteiger partial charge < -0.3 is 5.32 Å². The van der Waals surface area contributed by atoms with Gasteiger partial charge in [0.05, 0.1) is 4.90 Å². The molecule has 1 N–H and O–H groups in total. The van der Waals surface area contributed by atoms with Crippen LogP contribution >= 0.6 is 0 Å². The summed E-state index contributed by atoms with van der Waals surface area (Å²) >= 11 is 0. The monoisotopic (exact) mass is 255 g/mol. The number of hydrogen-bond donors (Lipinski definition) is 1. The van der Waals surface area contributed by atoms with E-state index in [0.717, 1.165) is 18.7 Å². The first-order chi connectivity index (χ1) is 7.93. The van der Waals surface area contributed by atoms with E-state index in [1.54, 1.807) is 12.1 Å². The Morgan fingerprint density at radius 2 is 1.82 bits per heavy atom. The van der Waals surface area contributed by atoms with E-state index in [4.69, 9.17) is 0 Å². The van der Waals surface area contributed by atoms with E-state index in [-0.39, 0.29) is 0 Å². The molecule has 0 fully saturated rings. The van der Waals surface area contributed by atoms with Crippen LogP contribution in [0, 0.1) is 5.92 Å². The zero-order valence-electron chi connectivity index (χ0n) is 10.7. The summed E-state index contributed by atoms with van der Waals surface area (Å²) in [7, 11) is -3.08. The van der Waals surface area contributed by atoms with Gasteiger partial charge in [-0.05, 0) is 30.2 Å². The number of nitrogens with one attached hydrogen (secondary N) is 1. The summed E-state index contributed by atoms with van der Waals surface area (Å²) < 4.78 is 22.5. The summed E-state index contributed by atoms with van der Waals surface area (Å²) in [6.45, 7) is 6.16. The Morgan fingerprint density at radius 1 is 1.24 bits per heavy atom. The molecule has 0 spiro atoms. The molecular formula is C13H21NO2S. The quantitative estimate of drug-likeness (QED) is 0.848. The second-order valence-electron chi connectivity index (χ2n) is 4.56. The van der Waals surface area contributed by atoms with Crippen molar-refractivity contribution in [3.63, 3.8) is 0 Å². The fourth-order valence-electron chi connectivity index (χ4n) is 1.46. The summed E-state index contributed by atoms with van der Waals surface area (Å²) in [5.74, 6) is 0.672. The van der Waals surface area contributed by atoms with Crippen molar-refractivity contribution < 1.29 is 8.42 Å². The molecule has 0 saturated carbocycles. The van der Waals surface area contributed by atoms with Crippen LogP contribution in [0.15, 0.2) is 29.2 Å². The van der Waals surface area contributed by atoms with Gasteiger partial charge in [-0.15, -0.1) is 0 Å². The largest absolute Gasteiger partial charge is 0.312 e. The molecule has 1 aromatic carbocycles. The van der Waals surface area contributed by atoms with Gasteiger partial charge in [-0.1, -0.05) is 32.4 Å². The fraction of sp³-hybridized carbons (Fsp3) is 0.538. The molecule has 0 aliphatic carbocycles. The minimum atomic E-state index is -3.08. The first-order valence-corrected chi connectivity index (χ1v) is 7.82. The second kappa shape index (κ2) is 6.17. The molecular weight excluding hydrogens is 234 g/mol. The first kappa shape index (κ1) is 14.2. The number of rotatable bonds is 6. The normalized spacial score (nSPS) is 13.6. The van der Waals surface area contributed by atoms with E-state index in [1.165, 1.54) is 12.7 Å². The van der Waals surface area contributed by atoms with Gasteiger partial charge in [-0.3, -0.25) is 0 Å². The summed E-state index contributed by atoms with van der Waals surface area (Å²) in [6.07, 6.45) is 2.39. The maximum Gasteiger partial charge on any atom is 0.175 e. The molecule has 0 amide bonds. The highest BCUT2D eigenvalue weighted by Crippen LogP contribution is 2.10. The van der Waals surface area contributed by atoms with Crippen molar-refractivity contribution in [1.29, 1.82) is 0 Å². The van der Waals surface area contributed by atoms with Crippen LogP contribution < -0.4 is 5.32 Å². The lowest BCUT2D eigenvalue weighted by Crippen LogP contribution is -2.20. The van der Waals surface area contributed by atoms with Gasteiger partial charge in [0.2, 0.25) is 0 Å². The average molecular weight is 255 g/mol. The van der Waals surface area contributed by atoms with Crippen LogP contribution in [0.3, 0.4) is 0 Å². The Bertz CT molecular complexity index is 437. The van der Waals surface area contributed by atoms with Crippen LogP contribution in [-0.4, -0.2) is 21.2 Å². The fourth-order valence-corrected chi connectivity index (χ4v) is 2.09. The molecule has 96 valence electrons. The highest BCUT2D eigenvalue weighted by Gasteiger charge is 2.05. The lowest BCUT2D eigenvalue weighted by molar-refractivity contribution is 0.500. The summed E-state index contributed by atoms with van der Waals surface area (Å²) in [5, 5.41) is 3.36. The molecule has 0 heterocycles. The van der Waals surface area contributed by atoms with Crippen molar-refractivity contribution in [2.45, 2.75) is 31.7 Å². The van der Waals surface area contributed by atoms with Crippen LogP contribution in [0.25, 0.3) is 0 Å². The molecule has 0 aliphatic heterocycles. The lowest BCUT2D eigenvalue weighted by Gasteiger charge is -2.10. The van der Waals surface area contributed by atoms with E-state index in [9.17, 15) is 8.42 Å². The van der Waals surface area contributed by atoms with Gasteiger partial charge in [-0.2, -0.15) is 0 Å². The molecule has 17 heavy (non-hydrogen) atoms. The Hall–Kier alpha value is -0.870. The van der Waals surface area contributed by atoms with E-state index in [2.05, 4.69) is 19.2 Å². The minimum Gasteiger partial charge on any atom is -0.312 e. The Morgan fingerprint density at radius 3 is 2.29 bits per heavy atom. The Labute approximate surface area is 104 Å². The molecule has 0 radical (unpaired) electrons. The van der Waals surface area contributed by atoms with Gasteiger partial charge in [0, 0.05) is 12.8 Å². The maximum atomic E-state index is 11.3. The molecule has 0 saturated heterocycles. The molecule has 1 unspecified atom stereocenters. The SMILES string of the molecule is CCC(C)CNCc1ccc(S(C)(=O)=O)cc1. The maximum absolute atomic E-state index is 11.3. The summed E-state index contributed by atoms with van der Waals surface area (Å²) in [6, 6.07) is 7.05. The van der Waals surface area contributed by atoms with E-state index < -0.39 is 9.84 Å². The van der Waals surface area contributed by atoms with Crippen molar-refractivity contribution in [3.8, 4) is 0 Å². The third-order valence-electron chi connectivity index (χ3n) is 2.87. The van der Waals surface area contributed by atoms with E-state index >= 15 is 0 Å². The topological polar surface area (TPSA) is 46.2 Å². The molecule has 0 aliphatic rings. The molecule has 0 bridgehead atoms. The van der Waals surface area contributed by atoms with Crippen molar-refractivity contribution in [2.24, 2.45) is 5.92 Å². The number of benzene rings is 1. The van der Waals surface area contributed by atoms with Crippen molar-refractivity contribution in [3.05, 3.63) is 29.8 Å². The zero-order chi connectivity index (χ0) is 12.9. The molecule has 1 atom stereocenters. The van der Waals surface area contributed by atoms with E-state index in [1.807, 2.05) is 12.1 Å². The molecule has 4 heteroatoms. The predicted molar refractivity (Wildman–Crippen MR) is 70.7 cm³/mol. The van der Waals surface area contributed by atoms with Crippen LogP contribution in [0.2, 0.25) is 0 Å². The zero-order valence-corrected chi connectivity index (χ0v) is 11.5. The van der Waals surface area contributed by atoms with Crippen molar-refractivity contribution in [1.82, 2.24) is 5.32 Å². The molecule has 1 aromatic rings. The average Bonchev–Trinajstić information content (AvgIpc) is 2.28. The standard InChI is InChI=1S/C13H21NO2S/c1-4-11(2)9-14-10-12-5-7-13(8-6-12)17(3,15)16/h5-8,11,14H,4,9-10H2,1-3H3. The van der Waals surface area contributed by atoms with Crippen molar-refractivity contribution >= 4 is 9.84 Å². The smallest absolute Gasteiger partial charge is 0.175 e. The molecule has 1 rings (SSSR count). The minimum absolute atomic E-state index is 0.378. The van der Waals surface area contributed by atoms with Gasteiger partial charge in [-0.25, -0.2) is 8.42 Å². The Kier molecular flexibility index (Phi) is 5.15. The first-order valence-electron chi connectivity index (χ1n) is 5.93.